The first-order valence-electron chi connectivity index (χ1n) is 4.96. The van der Waals surface area contributed by atoms with Gasteiger partial charge in [-0.15, -0.1) is 24.8 Å². The lowest BCUT2D eigenvalue weighted by atomic mass is 10.3. The van der Waals surface area contributed by atoms with Gasteiger partial charge in [0.25, 0.3) is 0 Å². The van der Waals surface area contributed by atoms with Crippen LogP contribution in [0.5, 0.6) is 0 Å². The van der Waals surface area contributed by atoms with Crippen molar-refractivity contribution in [1.82, 2.24) is 4.90 Å². The van der Waals surface area contributed by atoms with Crippen LogP contribution >= 0.6 is 24.8 Å². The van der Waals surface area contributed by atoms with Gasteiger partial charge in [0, 0.05) is 13.1 Å². The highest BCUT2D eigenvalue weighted by Gasteiger charge is 2.12. The van der Waals surface area contributed by atoms with Gasteiger partial charge in [-0.1, -0.05) is 0 Å². The van der Waals surface area contributed by atoms with Crippen LogP contribution in [0, 0.1) is 0 Å². The fourth-order valence-electron chi connectivity index (χ4n) is 1.60. The maximum Gasteiger partial charge on any atom is 0.118 e. The Hall–Kier alpha value is -0.260. The summed E-state index contributed by atoms with van der Waals surface area (Å²) in [5.41, 5.74) is 5.47. The summed E-state index contributed by atoms with van der Waals surface area (Å²) in [5.74, 6) is 1.85. The van der Waals surface area contributed by atoms with Crippen LogP contribution < -0.4 is 5.73 Å². The molecule has 0 bridgehead atoms. The van der Waals surface area contributed by atoms with E-state index in [4.69, 9.17) is 14.9 Å². The SMILES string of the molecule is Cl.Cl.NCc1ccc(CN2CCOCC2)o1. The van der Waals surface area contributed by atoms with Gasteiger partial charge in [-0.2, -0.15) is 0 Å². The summed E-state index contributed by atoms with van der Waals surface area (Å²) in [6.45, 7) is 4.96. The van der Waals surface area contributed by atoms with Gasteiger partial charge in [0.15, 0.2) is 0 Å². The van der Waals surface area contributed by atoms with Gasteiger partial charge in [-0.05, 0) is 12.1 Å². The van der Waals surface area contributed by atoms with E-state index in [-0.39, 0.29) is 24.8 Å². The highest BCUT2D eigenvalue weighted by molar-refractivity contribution is 5.85. The molecular weight excluding hydrogens is 251 g/mol. The maximum absolute atomic E-state index is 5.53. The molecule has 0 spiro atoms. The monoisotopic (exact) mass is 268 g/mol. The summed E-state index contributed by atoms with van der Waals surface area (Å²) < 4.78 is 10.8. The largest absolute Gasteiger partial charge is 0.463 e. The number of rotatable bonds is 3. The predicted octanol–water partition coefficient (Wildman–Crippen LogP) is 1.41. The number of hydrogen-bond donors (Lipinski definition) is 1. The Morgan fingerprint density at radius 1 is 1.12 bits per heavy atom. The third-order valence-electron chi connectivity index (χ3n) is 2.40. The topological polar surface area (TPSA) is 51.6 Å². The Labute approximate surface area is 108 Å². The minimum absolute atomic E-state index is 0. The van der Waals surface area contributed by atoms with Gasteiger partial charge in [0.1, 0.15) is 11.5 Å². The molecule has 2 rings (SSSR count). The smallest absolute Gasteiger partial charge is 0.118 e. The molecule has 1 aromatic rings. The van der Waals surface area contributed by atoms with E-state index in [1.165, 1.54) is 0 Å². The van der Waals surface area contributed by atoms with Crippen LogP contribution in [-0.2, 0) is 17.8 Å². The molecule has 0 amide bonds. The zero-order valence-corrected chi connectivity index (χ0v) is 10.7. The highest BCUT2D eigenvalue weighted by Crippen LogP contribution is 2.11. The zero-order chi connectivity index (χ0) is 9.80. The van der Waals surface area contributed by atoms with Crippen molar-refractivity contribution in [3.8, 4) is 0 Å². The molecule has 0 aliphatic carbocycles. The molecule has 94 valence electrons. The van der Waals surface area contributed by atoms with Gasteiger partial charge in [-0.25, -0.2) is 0 Å². The molecule has 0 aromatic carbocycles. The Morgan fingerprint density at radius 3 is 2.31 bits per heavy atom. The molecule has 1 aromatic heterocycles. The molecule has 1 fully saturated rings. The van der Waals surface area contributed by atoms with Crippen molar-refractivity contribution >= 4 is 24.8 Å². The van der Waals surface area contributed by atoms with Crippen LogP contribution in [0.15, 0.2) is 16.5 Å². The van der Waals surface area contributed by atoms with E-state index >= 15 is 0 Å². The lowest BCUT2D eigenvalue weighted by Crippen LogP contribution is -2.35. The van der Waals surface area contributed by atoms with Crippen LogP contribution in [0.1, 0.15) is 11.5 Å². The molecule has 1 saturated heterocycles. The van der Waals surface area contributed by atoms with E-state index in [9.17, 15) is 0 Å². The first-order valence-corrected chi connectivity index (χ1v) is 4.96. The quantitative estimate of drug-likeness (QED) is 0.901. The molecule has 1 aliphatic rings. The average Bonchev–Trinajstić information content (AvgIpc) is 2.67. The van der Waals surface area contributed by atoms with Gasteiger partial charge >= 0.3 is 0 Å². The van der Waals surface area contributed by atoms with Crippen molar-refractivity contribution in [1.29, 1.82) is 0 Å². The van der Waals surface area contributed by atoms with Crippen LogP contribution in [-0.4, -0.2) is 31.2 Å². The second kappa shape index (κ2) is 7.92. The molecule has 2 heterocycles. The first-order chi connectivity index (χ1) is 6.88. The number of nitrogens with two attached hydrogens (primary N) is 1. The molecule has 0 atom stereocenters. The Kier molecular flexibility index (Phi) is 7.80. The second-order valence-corrected chi connectivity index (χ2v) is 3.46. The van der Waals surface area contributed by atoms with E-state index < -0.39 is 0 Å². The van der Waals surface area contributed by atoms with Crippen LogP contribution in [0.3, 0.4) is 0 Å². The van der Waals surface area contributed by atoms with Crippen molar-refractivity contribution in [2.45, 2.75) is 13.1 Å². The number of nitrogens with zero attached hydrogens (tertiary/aromatic N) is 1. The standard InChI is InChI=1S/C10H16N2O2.2ClH/c11-7-9-1-2-10(14-9)8-12-3-5-13-6-4-12;;/h1-2H,3-8,11H2;2*1H. The molecular formula is C10H18Cl2N2O2. The summed E-state index contributed by atoms with van der Waals surface area (Å²) in [4.78, 5) is 2.32. The molecule has 16 heavy (non-hydrogen) atoms. The highest BCUT2D eigenvalue weighted by atomic mass is 35.5. The summed E-state index contributed by atoms with van der Waals surface area (Å²) in [6.07, 6.45) is 0. The molecule has 4 nitrogen and oxygen atoms in total. The van der Waals surface area contributed by atoms with Crippen molar-refractivity contribution in [2.24, 2.45) is 5.73 Å². The first kappa shape index (κ1) is 15.7. The minimum atomic E-state index is 0. The van der Waals surface area contributed by atoms with Crippen molar-refractivity contribution < 1.29 is 9.15 Å². The van der Waals surface area contributed by atoms with Gasteiger partial charge in [0.05, 0.1) is 26.3 Å². The van der Waals surface area contributed by atoms with Crippen molar-refractivity contribution in [3.63, 3.8) is 0 Å². The van der Waals surface area contributed by atoms with Gasteiger partial charge in [0.2, 0.25) is 0 Å². The lowest BCUT2D eigenvalue weighted by molar-refractivity contribution is 0.0312. The minimum Gasteiger partial charge on any atom is -0.463 e. The summed E-state index contributed by atoms with van der Waals surface area (Å²) in [7, 11) is 0. The maximum atomic E-state index is 5.53. The van der Waals surface area contributed by atoms with Crippen LogP contribution in [0.25, 0.3) is 0 Å². The predicted molar refractivity (Wildman–Crippen MR) is 67.2 cm³/mol. The second-order valence-electron chi connectivity index (χ2n) is 3.46. The van der Waals surface area contributed by atoms with Crippen LogP contribution in [0.2, 0.25) is 0 Å². The molecule has 6 heteroatoms. The number of hydrogen-bond acceptors (Lipinski definition) is 4. The fraction of sp³-hybridized carbons (Fsp3) is 0.600. The third kappa shape index (κ3) is 4.31. The molecule has 2 N–H and O–H groups in total. The Bertz CT molecular complexity index is 288. The van der Waals surface area contributed by atoms with E-state index in [1.807, 2.05) is 12.1 Å². The summed E-state index contributed by atoms with van der Waals surface area (Å²) in [6, 6.07) is 3.94. The zero-order valence-electron chi connectivity index (χ0n) is 9.05. The number of furan rings is 1. The number of halogens is 2. The van der Waals surface area contributed by atoms with Crippen LogP contribution in [0.4, 0.5) is 0 Å². The Morgan fingerprint density at radius 2 is 1.75 bits per heavy atom. The molecule has 0 radical (unpaired) electrons. The van der Waals surface area contributed by atoms with Crippen molar-refractivity contribution in [3.05, 3.63) is 23.7 Å². The Balaban J connectivity index is 0.00000112. The molecule has 0 unspecified atom stereocenters. The van der Waals surface area contributed by atoms with E-state index in [2.05, 4.69) is 4.90 Å². The molecule has 0 saturated carbocycles. The summed E-state index contributed by atoms with van der Waals surface area (Å²) in [5, 5.41) is 0. The lowest BCUT2D eigenvalue weighted by Gasteiger charge is -2.25. The van der Waals surface area contributed by atoms with Crippen molar-refractivity contribution in [2.75, 3.05) is 26.3 Å². The normalized spacial score (nSPS) is 16.3. The fourth-order valence-corrected chi connectivity index (χ4v) is 1.60. The number of morpholine rings is 1. The van der Waals surface area contributed by atoms with E-state index in [0.717, 1.165) is 44.4 Å². The van der Waals surface area contributed by atoms with Gasteiger partial charge in [-0.3, -0.25) is 4.90 Å². The van der Waals surface area contributed by atoms with E-state index in [0.29, 0.717) is 6.54 Å². The molecule has 1 aliphatic heterocycles. The third-order valence-corrected chi connectivity index (χ3v) is 2.40. The summed E-state index contributed by atoms with van der Waals surface area (Å²) >= 11 is 0. The van der Waals surface area contributed by atoms with E-state index in [1.54, 1.807) is 0 Å². The average molecular weight is 269 g/mol. The van der Waals surface area contributed by atoms with Gasteiger partial charge < -0.3 is 14.9 Å². The number of ether oxygens (including phenoxy) is 1.